The molecular weight excluding hydrogens is 170 g/mol. The molecule has 1 nitrogen and oxygen atoms in total. The topological polar surface area (TPSA) is 27.6 Å². The van der Waals surface area contributed by atoms with Crippen molar-refractivity contribution in [2.75, 3.05) is 0 Å². The first-order valence-electron chi connectivity index (χ1n) is 5.41. The van der Waals surface area contributed by atoms with Gasteiger partial charge in [0.25, 0.3) is 0 Å². The van der Waals surface area contributed by atoms with Crippen LogP contribution in [0.2, 0.25) is 0 Å². The molecule has 0 heterocycles. The minimum Gasteiger partial charge on any atom is -0.351 e. The molecule has 1 aromatic rings. The highest BCUT2D eigenvalue weighted by molar-refractivity contribution is 5.30. The molecule has 0 aliphatic heterocycles. The second kappa shape index (κ2) is 4.61. The van der Waals surface area contributed by atoms with Gasteiger partial charge >= 0.3 is 0 Å². The van der Waals surface area contributed by atoms with Crippen LogP contribution < -0.4 is 5.73 Å². The van der Waals surface area contributed by atoms with Crippen molar-refractivity contribution in [3.63, 3.8) is 0 Å². The number of benzene rings is 1. The fourth-order valence-corrected chi connectivity index (χ4v) is 1.72. The van der Waals surface area contributed by atoms with Crippen LogP contribution in [0.25, 0.3) is 0 Å². The van der Waals surface area contributed by atoms with E-state index in [0.29, 0.717) is 6.04 Å². The summed E-state index contributed by atoms with van der Waals surface area (Å²) in [4.78, 5) is 0. The van der Waals surface area contributed by atoms with Crippen LogP contribution >= 0.6 is 0 Å². The zero-order valence-corrected chi connectivity index (χ0v) is 9.80. The van der Waals surface area contributed by atoms with Crippen molar-refractivity contribution in [1.29, 1.82) is 0 Å². The van der Waals surface area contributed by atoms with Crippen molar-refractivity contribution < 1.29 is 5.73 Å². The zero-order valence-electron chi connectivity index (χ0n) is 9.80. The average Bonchev–Trinajstić information content (AvgIpc) is 2.08. The van der Waals surface area contributed by atoms with Gasteiger partial charge in [-0.05, 0) is 37.0 Å². The van der Waals surface area contributed by atoms with Crippen molar-refractivity contribution >= 4 is 0 Å². The van der Waals surface area contributed by atoms with Crippen molar-refractivity contribution in [3.05, 3.63) is 34.9 Å². The Bertz CT molecular complexity index is 302. The molecule has 1 unspecified atom stereocenters. The highest BCUT2D eigenvalue weighted by Crippen LogP contribution is 2.19. The van der Waals surface area contributed by atoms with E-state index < -0.39 is 0 Å². The number of rotatable bonds is 3. The summed E-state index contributed by atoms with van der Waals surface area (Å²) >= 11 is 0. The van der Waals surface area contributed by atoms with Crippen LogP contribution in [-0.4, -0.2) is 0 Å². The molecule has 0 spiro atoms. The molecule has 0 aromatic heterocycles. The summed E-state index contributed by atoms with van der Waals surface area (Å²) in [6.07, 6.45) is 1.17. The molecule has 0 amide bonds. The summed E-state index contributed by atoms with van der Waals surface area (Å²) in [5, 5.41) is 0. The maximum Gasteiger partial charge on any atom is 0.110 e. The summed E-state index contributed by atoms with van der Waals surface area (Å²) in [5.74, 6) is 0.721. The molecule has 3 N–H and O–H groups in total. The Hall–Kier alpha value is -0.820. The minimum atomic E-state index is 0.439. The van der Waals surface area contributed by atoms with Gasteiger partial charge in [-0.3, -0.25) is 0 Å². The van der Waals surface area contributed by atoms with Gasteiger partial charge < -0.3 is 5.73 Å². The van der Waals surface area contributed by atoms with Gasteiger partial charge in [-0.1, -0.05) is 26.0 Å². The average molecular weight is 192 g/mol. The first-order chi connectivity index (χ1) is 6.50. The molecule has 0 aliphatic carbocycles. The largest absolute Gasteiger partial charge is 0.351 e. The maximum absolute atomic E-state index is 4.22. The van der Waals surface area contributed by atoms with Gasteiger partial charge in [0.05, 0.1) is 0 Å². The Morgan fingerprint density at radius 1 is 1.14 bits per heavy atom. The third-order valence-corrected chi connectivity index (χ3v) is 2.76. The number of hydrogen-bond acceptors (Lipinski definition) is 0. The maximum atomic E-state index is 4.22. The van der Waals surface area contributed by atoms with Gasteiger partial charge in [-0.15, -0.1) is 0 Å². The third kappa shape index (κ3) is 2.85. The molecule has 0 saturated carbocycles. The van der Waals surface area contributed by atoms with Crippen LogP contribution in [-0.2, 0) is 0 Å². The molecule has 78 valence electrons. The van der Waals surface area contributed by atoms with Crippen LogP contribution in [0, 0.1) is 19.8 Å². The quantitative estimate of drug-likeness (QED) is 0.762. The van der Waals surface area contributed by atoms with Gasteiger partial charge in [0, 0.05) is 12.0 Å². The molecule has 0 saturated heterocycles. The SMILES string of the molecule is Cc1ccc(C([NH3+])CC(C)C)cc1C. The van der Waals surface area contributed by atoms with Crippen molar-refractivity contribution in [3.8, 4) is 0 Å². The predicted octanol–water partition coefficient (Wildman–Crippen LogP) is 2.63. The molecular formula is C13H22N+. The van der Waals surface area contributed by atoms with Gasteiger partial charge in [0.2, 0.25) is 0 Å². The normalized spacial score (nSPS) is 13.3. The van der Waals surface area contributed by atoms with Gasteiger partial charge in [-0.2, -0.15) is 0 Å². The van der Waals surface area contributed by atoms with E-state index >= 15 is 0 Å². The lowest BCUT2D eigenvalue weighted by Gasteiger charge is -2.12. The Kier molecular flexibility index (Phi) is 3.70. The Balaban J connectivity index is 2.80. The lowest BCUT2D eigenvalue weighted by atomic mass is 9.95. The summed E-state index contributed by atoms with van der Waals surface area (Å²) in [7, 11) is 0. The molecule has 0 radical (unpaired) electrons. The second-order valence-electron chi connectivity index (χ2n) is 4.67. The highest BCUT2D eigenvalue weighted by Gasteiger charge is 2.11. The van der Waals surface area contributed by atoms with E-state index in [1.54, 1.807) is 0 Å². The van der Waals surface area contributed by atoms with E-state index in [2.05, 4.69) is 51.6 Å². The van der Waals surface area contributed by atoms with E-state index in [1.807, 2.05) is 0 Å². The van der Waals surface area contributed by atoms with Crippen LogP contribution in [0.15, 0.2) is 18.2 Å². The van der Waals surface area contributed by atoms with Gasteiger partial charge in [0.1, 0.15) is 6.04 Å². The fraction of sp³-hybridized carbons (Fsp3) is 0.538. The summed E-state index contributed by atoms with van der Waals surface area (Å²) < 4.78 is 0. The Morgan fingerprint density at radius 3 is 2.29 bits per heavy atom. The summed E-state index contributed by atoms with van der Waals surface area (Å²) in [5.41, 5.74) is 8.34. The predicted molar refractivity (Wildman–Crippen MR) is 61.0 cm³/mol. The molecule has 0 bridgehead atoms. The fourth-order valence-electron chi connectivity index (χ4n) is 1.72. The highest BCUT2D eigenvalue weighted by atomic mass is 14.6. The molecule has 0 aliphatic rings. The number of hydrogen-bond donors (Lipinski definition) is 1. The third-order valence-electron chi connectivity index (χ3n) is 2.76. The van der Waals surface area contributed by atoms with E-state index in [4.69, 9.17) is 0 Å². The monoisotopic (exact) mass is 192 g/mol. The molecule has 1 rings (SSSR count). The van der Waals surface area contributed by atoms with E-state index in [9.17, 15) is 0 Å². The van der Waals surface area contributed by atoms with Gasteiger partial charge in [0.15, 0.2) is 0 Å². The summed E-state index contributed by atoms with van der Waals surface area (Å²) in [6.45, 7) is 8.82. The first-order valence-corrected chi connectivity index (χ1v) is 5.41. The van der Waals surface area contributed by atoms with Crippen LogP contribution in [0.5, 0.6) is 0 Å². The van der Waals surface area contributed by atoms with Crippen molar-refractivity contribution in [2.24, 2.45) is 5.92 Å². The molecule has 1 atom stereocenters. The van der Waals surface area contributed by atoms with Crippen molar-refractivity contribution in [1.82, 2.24) is 0 Å². The van der Waals surface area contributed by atoms with Gasteiger partial charge in [-0.25, -0.2) is 0 Å². The Morgan fingerprint density at radius 2 is 1.79 bits per heavy atom. The molecule has 1 heteroatoms. The molecule has 1 aromatic carbocycles. The molecule has 0 fully saturated rings. The van der Waals surface area contributed by atoms with E-state index in [1.165, 1.54) is 23.1 Å². The molecule has 14 heavy (non-hydrogen) atoms. The number of aryl methyl sites for hydroxylation is 2. The minimum absolute atomic E-state index is 0.439. The standard InChI is InChI=1S/C13H21N/c1-9(2)7-13(14)12-6-5-10(3)11(4)8-12/h5-6,8-9,13H,7,14H2,1-4H3/p+1. The lowest BCUT2D eigenvalue weighted by Crippen LogP contribution is -2.53. The van der Waals surface area contributed by atoms with Crippen LogP contribution in [0.3, 0.4) is 0 Å². The first kappa shape index (κ1) is 11.3. The van der Waals surface area contributed by atoms with Crippen LogP contribution in [0.4, 0.5) is 0 Å². The second-order valence-corrected chi connectivity index (χ2v) is 4.67. The number of quaternary nitrogens is 1. The van der Waals surface area contributed by atoms with E-state index in [0.717, 1.165) is 5.92 Å². The summed E-state index contributed by atoms with van der Waals surface area (Å²) in [6, 6.07) is 7.12. The van der Waals surface area contributed by atoms with E-state index in [-0.39, 0.29) is 0 Å². The van der Waals surface area contributed by atoms with Crippen LogP contribution in [0.1, 0.15) is 43.0 Å². The smallest absolute Gasteiger partial charge is 0.110 e. The lowest BCUT2D eigenvalue weighted by molar-refractivity contribution is -0.429. The van der Waals surface area contributed by atoms with Crippen molar-refractivity contribution in [2.45, 2.75) is 40.2 Å². The zero-order chi connectivity index (χ0) is 10.7. The Labute approximate surface area is 87.3 Å².